The Balaban J connectivity index is 2.39. The summed E-state index contributed by atoms with van der Waals surface area (Å²) in [4.78, 5) is 34.0. The average molecular weight is 285 g/mol. The third-order valence-corrected chi connectivity index (χ3v) is 3.41. The highest BCUT2D eigenvalue weighted by Crippen LogP contribution is 2.32. The van der Waals surface area contributed by atoms with Crippen molar-refractivity contribution in [3.63, 3.8) is 0 Å². The van der Waals surface area contributed by atoms with Gasteiger partial charge in [0.1, 0.15) is 0 Å². The zero-order chi connectivity index (χ0) is 15.0. The number of hydrogen-bond donors (Lipinski definition) is 4. The first-order valence-electron chi connectivity index (χ1n) is 7.02. The molecule has 0 bridgehead atoms. The third-order valence-electron chi connectivity index (χ3n) is 3.41. The standard InChI is InChI=1S/C13H23N3O4/c1-2-7-14-10(17)9-15-12(20)16-13(8-11(18)19)5-3-4-6-13/h2-9H2,1H3,(H,14,17)(H,18,19)(H2,15,16,20). The molecule has 1 aliphatic carbocycles. The van der Waals surface area contributed by atoms with Crippen molar-refractivity contribution in [2.75, 3.05) is 13.1 Å². The quantitative estimate of drug-likeness (QED) is 0.549. The SMILES string of the molecule is CCCNC(=O)CNC(=O)NC1(CC(=O)O)CCCC1. The molecule has 7 heteroatoms. The molecule has 0 aromatic rings. The summed E-state index contributed by atoms with van der Waals surface area (Å²) < 4.78 is 0. The predicted octanol–water partition coefficient (Wildman–Crippen LogP) is 0.599. The summed E-state index contributed by atoms with van der Waals surface area (Å²) in [6.45, 7) is 2.41. The highest BCUT2D eigenvalue weighted by atomic mass is 16.4. The highest BCUT2D eigenvalue weighted by molar-refractivity contribution is 5.84. The predicted molar refractivity (Wildman–Crippen MR) is 73.3 cm³/mol. The summed E-state index contributed by atoms with van der Waals surface area (Å²) in [7, 11) is 0. The van der Waals surface area contributed by atoms with Crippen LogP contribution in [-0.2, 0) is 9.59 Å². The van der Waals surface area contributed by atoms with E-state index in [4.69, 9.17) is 5.11 Å². The topological polar surface area (TPSA) is 108 Å². The Morgan fingerprint density at radius 3 is 2.35 bits per heavy atom. The second kappa shape index (κ2) is 7.72. The van der Waals surface area contributed by atoms with Gasteiger partial charge in [-0.15, -0.1) is 0 Å². The number of rotatable bonds is 7. The number of aliphatic carboxylic acids is 1. The van der Waals surface area contributed by atoms with E-state index in [1.54, 1.807) is 0 Å². The molecule has 0 aromatic heterocycles. The molecular formula is C13H23N3O4. The molecule has 1 saturated carbocycles. The third kappa shape index (κ3) is 5.46. The van der Waals surface area contributed by atoms with Crippen molar-refractivity contribution in [1.29, 1.82) is 0 Å². The molecule has 1 rings (SSSR count). The van der Waals surface area contributed by atoms with Crippen LogP contribution in [0.15, 0.2) is 0 Å². The van der Waals surface area contributed by atoms with Crippen LogP contribution in [0.5, 0.6) is 0 Å². The Labute approximate surface area is 118 Å². The normalized spacial score (nSPS) is 16.4. The molecular weight excluding hydrogens is 262 g/mol. The summed E-state index contributed by atoms with van der Waals surface area (Å²) in [5.41, 5.74) is -0.671. The average Bonchev–Trinajstić information content (AvgIpc) is 2.81. The molecule has 0 unspecified atom stereocenters. The molecule has 20 heavy (non-hydrogen) atoms. The molecule has 0 atom stereocenters. The Morgan fingerprint density at radius 1 is 1.15 bits per heavy atom. The number of amides is 3. The monoisotopic (exact) mass is 285 g/mol. The molecule has 3 amide bonds. The number of nitrogens with one attached hydrogen (secondary N) is 3. The van der Waals surface area contributed by atoms with Crippen molar-refractivity contribution < 1.29 is 19.5 Å². The minimum atomic E-state index is -0.923. The van der Waals surface area contributed by atoms with E-state index in [2.05, 4.69) is 16.0 Å². The van der Waals surface area contributed by atoms with E-state index in [-0.39, 0.29) is 18.9 Å². The van der Waals surface area contributed by atoms with Crippen LogP contribution >= 0.6 is 0 Å². The van der Waals surface area contributed by atoms with Crippen molar-refractivity contribution in [2.45, 2.75) is 51.0 Å². The Morgan fingerprint density at radius 2 is 1.80 bits per heavy atom. The van der Waals surface area contributed by atoms with Crippen LogP contribution in [0.3, 0.4) is 0 Å². The lowest BCUT2D eigenvalue weighted by atomic mass is 9.93. The van der Waals surface area contributed by atoms with Gasteiger partial charge >= 0.3 is 12.0 Å². The van der Waals surface area contributed by atoms with Crippen molar-refractivity contribution in [2.24, 2.45) is 0 Å². The molecule has 0 aliphatic heterocycles. The number of carbonyl (C=O) groups excluding carboxylic acids is 2. The second-order valence-electron chi connectivity index (χ2n) is 5.22. The minimum absolute atomic E-state index is 0.0809. The zero-order valence-electron chi connectivity index (χ0n) is 11.8. The fourth-order valence-corrected chi connectivity index (χ4v) is 2.46. The van der Waals surface area contributed by atoms with Gasteiger partial charge in [-0.05, 0) is 19.3 Å². The molecule has 0 heterocycles. The minimum Gasteiger partial charge on any atom is -0.481 e. The number of carboxylic acid groups (broad SMARTS) is 1. The maximum Gasteiger partial charge on any atom is 0.315 e. The summed E-state index contributed by atoms with van der Waals surface area (Å²) in [5.74, 6) is -1.17. The largest absolute Gasteiger partial charge is 0.481 e. The first-order chi connectivity index (χ1) is 9.47. The fourth-order valence-electron chi connectivity index (χ4n) is 2.46. The number of carbonyl (C=O) groups is 3. The Hall–Kier alpha value is -1.79. The van der Waals surface area contributed by atoms with Gasteiger partial charge in [0.2, 0.25) is 5.91 Å². The molecule has 1 aliphatic rings. The second-order valence-corrected chi connectivity index (χ2v) is 5.22. The van der Waals surface area contributed by atoms with Gasteiger partial charge in [0, 0.05) is 6.54 Å². The number of carboxylic acids is 1. The van der Waals surface area contributed by atoms with E-state index in [0.717, 1.165) is 19.3 Å². The lowest BCUT2D eigenvalue weighted by Crippen LogP contribution is -2.53. The van der Waals surface area contributed by atoms with E-state index in [1.165, 1.54) is 0 Å². The van der Waals surface area contributed by atoms with Gasteiger partial charge in [0.25, 0.3) is 0 Å². The zero-order valence-corrected chi connectivity index (χ0v) is 11.8. The van der Waals surface area contributed by atoms with E-state index in [9.17, 15) is 14.4 Å². The van der Waals surface area contributed by atoms with E-state index < -0.39 is 17.5 Å². The fraction of sp³-hybridized carbons (Fsp3) is 0.769. The van der Waals surface area contributed by atoms with Crippen molar-refractivity contribution in [1.82, 2.24) is 16.0 Å². The summed E-state index contributed by atoms with van der Waals surface area (Å²) >= 11 is 0. The summed E-state index contributed by atoms with van der Waals surface area (Å²) in [6, 6.07) is -0.486. The Kier molecular flexibility index (Phi) is 6.27. The molecule has 0 radical (unpaired) electrons. The van der Waals surface area contributed by atoms with Crippen molar-refractivity contribution in [3.05, 3.63) is 0 Å². The smallest absolute Gasteiger partial charge is 0.315 e. The Bertz CT molecular complexity index is 365. The van der Waals surface area contributed by atoms with E-state index in [0.29, 0.717) is 19.4 Å². The van der Waals surface area contributed by atoms with E-state index in [1.807, 2.05) is 6.92 Å². The van der Waals surface area contributed by atoms with Crippen LogP contribution in [0, 0.1) is 0 Å². The molecule has 0 saturated heterocycles. The first kappa shape index (κ1) is 16.3. The van der Waals surface area contributed by atoms with Crippen LogP contribution in [0.4, 0.5) is 4.79 Å². The maximum absolute atomic E-state index is 11.8. The number of urea groups is 1. The molecule has 1 fully saturated rings. The summed E-state index contributed by atoms with van der Waals surface area (Å²) in [6.07, 6.45) is 3.89. The van der Waals surface area contributed by atoms with Gasteiger partial charge in [0.05, 0.1) is 18.5 Å². The highest BCUT2D eigenvalue weighted by Gasteiger charge is 2.37. The van der Waals surface area contributed by atoms with Gasteiger partial charge in [-0.2, -0.15) is 0 Å². The van der Waals surface area contributed by atoms with Crippen LogP contribution in [0.25, 0.3) is 0 Å². The molecule has 0 aromatic carbocycles. The molecule has 0 spiro atoms. The van der Waals surface area contributed by atoms with Crippen LogP contribution in [0.1, 0.15) is 45.4 Å². The summed E-state index contributed by atoms with van der Waals surface area (Å²) in [5, 5.41) is 16.8. The van der Waals surface area contributed by atoms with Gasteiger partial charge in [-0.3, -0.25) is 9.59 Å². The molecule has 7 nitrogen and oxygen atoms in total. The molecule has 4 N–H and O–H groups in total. The van der Waals surface area contributed by atoms with Crippen molar-refractivity contribution >= 4 is 17.9 Å². The lowest BCUT2D eigenvalue weighted by molar-refractivity contribution is -0.138. The van der Waals surface area contributed by atoms with Gasteiger partial charge in [0.15, 0.2) is 0 Å². The number of hydrogen-bond acceptors (Lipinski definition) is 3. The maximum atomic E-state index is 11.8. The van der Waals surface area contributed by atoms with Crippen molar-refractivity contribution in [3.8, 4) is 0 Å². The van der Waals surface area contributed by atoms with Crippen LogP contribution in [-0.4, -0.2) is 41.6 Å². The van der Waals surface area contributed by atoms with Crippen LogP contribution < -0.4 is 16.0 Å². The van der Waals surface area contributed by atoms with E-state index >= 15 is 0 Å². The lowest BCUT2D eigenvalue weighted by Gasteiger charge is -2.28. The van der Waals surface area contributed by atoms with Gasteiger partial charge in [-0.25, -0.2) is 4.79 Å². The first-order valence-corrected chi connectivity index (χ1v) is 7.02. The molecule has 114 valence electrons. The van der Waals surface area contributed by atoms with Crippen LogP contribution in [0.2, 0.25) is 0 Å². The van der Waals surface area contributed by atoms with Gasteiger partial charge in [-0.1, -0.05) is 19.8 Å². The van der Waals surface area contributed by atoms with Gasteiger partial charge < -0.3 is 21.1 Å².